The third kappa shape index (κ3) is 18.6. The van der Waals surface area contributed by atoms with Crippen LogP contribution < -0.4 is 35.6 Å². The van der Waals surface area contributed by atoms with E-state index in [1.165, 1.54) is 44.9 Å². The molecule has 0 bridgehead atoms. The van der Waals surface area contributed by atoms with Gasteiger partial charge >= 0.3 is 12.4 Å². The van der Waals surface area contributed by atoms with Gasteiger partial charge in [-0.3, -0.25) is 14.9 Å². The van der Waals surface area contributed by atoms with Crippen molar-refractivity contribution in [1.29, 1.82) is 0 Å². The molecule has 0 spiro atoms. The molecule has 18 heteroatoms. The molecule has 10 nitrogen and oxygen atoms in total. The summed E-state index contributed by atoms with van der Waals surface area (Å²) in [6.45, 7) is 3.25. The lowest BCUT2D eigenvalue weighted by Crippen LogP contribution is -2.35. The molecule has 1 amide bonds. The summed E-state index contributed by atoms with van der Waals surface area (Å²) in [6.07, 6.45) is 2.23. The Morgan fingerprint density at radius 3 is 1.38 bits per heavy atom. The minimum Gasteiger partial charge on any atom is -0.497 e. The van der Waals surface area contributed by atoms with Crippen molar-refractivity contribution in [1.82, 2.24) is 5.32 Å². The zero-order valence-corrected chi connectivity index (χ0v) is 38.6. The van der Waals surface area contributed by atoms with Crippen molar-refractivity contribution in [3.05, 3.63) is 107 Å². The van der Waals surface area contributed by atoms with Gasteiger partial charge in [0.15, 0.2) is 5.11 Å². The highest BCUT2D eigenvalue weighted by atomic mass is 35.5. The van der Waals surface area contributed by atoms with Crippen LogP contribution in [0.15, 0.2) is 84.9 Å². The molecule has 0 unspecified atom stereocenters. The number of nitrogen functional groups attached to an aromatic ring is 1. The quantitative estimate of drug-likeness (QED) is 0.0715. The molecule has 0 atom stereocenters. The summed E-state index contributed by atoms with van der Waals surface area (Å²) in [5.41, 5.74) is 6.98. The highest BCUT2D eigenvalue weighted by molar-refractivity contribution is 7.80. The van der Waals surface area contributed by atoms with E-state index in [0.717, 1.165) is 94.7 Å². The number of benzene rings is 4. The number of methoxy groups -OCH3 is 3. The number of halogens is 7. The first-order chi connectivity index (χ1) is 30.9. The number of ether oxygens (including phenoxy) is 3. The lowest BCUT2D eigenvalue weighted by Gasteiger charge is -2.29. The number of nitrogens with one attached hydrogen (secondary N) is 2. The van der Waals surface area contributed by atoms with Crippen LogP contribution in [0.25, 0.3) is 0 Å². The average molecular weight is 955 g/mol. The first-order valence-corrected chi connectivity index (χ1v) is 21.9. The van der Waals surface area contributed by atoms with Gasteiger partial charge in [-0.05, 0) is 134 Å². The van der Waals surface area contributed by atoms with Gasteiger partial charge < -0.3 is 35.1 Å². The van der Waals surface area contributed by atoms with Gasteiger partial charge in [-0.15, -0.1) is 0 Å². The summed E-state index contributed by atoms with van der Waals surface area (Å²) < 4.78 is 92.0. The Morgan fingerprint density at radius 1 is 0.600 bits per heavy atom. The number of carbonyl (C=O) groups excluding carboxylic acids is 2. The molecule has 2 aliphatic heterocycles. The van der Waals surface area contributed by atoms with Crippen LogP contribution in [0.5, 0.6) is 11.5 Å². The van der Waals surface area contributed by atoms with Gasteiger partial charge in [-0.25, -0.2) is 0 Å². The van der Waals surface area contributed by atoms with E-state index in [2.05, 4.69) is 25.2 Å². The molecule has 356 valence electrons. The molecule has 2 aliphatic rings. The number of amides is 1. The number of thiocarbonyl (C=S) groups is 1. The largest absolute Gasteiger partial charge is 0.497 e. The summed E-state index contributed by atoms with van der Waals surface area (Å²) in [7, 11) is 6.34. The number of nitrogens with zero attached hydrogens (tertiary/aromatic N) is 2. The number of alkyl halides is 6. The molecule has 4 aromatic rings. The molecule has 65 heavy (non-hydrogen) atoms. The number of hydrogen-bond acceptors (Lipinski definition) is 9. The topological polar surface area (TPSA) is 118 Å². The summed E-state index contributed by atoms with van der Waals surface area (Å²) in [6, 6.07) is 20.3. The van der Waals surface area contributed by atoms with Crippen molar-refractivity contribution >= 4 is 62.8 Å². The second-order valence-corrected chi connectivity index (χ2v) is 15.8. The fourth-order valence-electron chi connectivity index (χ4n) is 6.88. The van der Waals surface area contributed by atoms with E-state index in [-0.39, 0.29) is 16.5 Å². The fourth-order valence-corrected chi connectivity index (χ4v) is 7.21. The summed E-state index contributed by atoms with van der Waals surface area (Å²) in [5.74, 6) is 0.848. The molecular weight excluding hydrogens is 896 g/mol. The molecular formula is C47H58ClF6N5O5S. The second kappa shape index (κ2) is 27.3. The maximum atomic E-state index is 13.3. The molecule has 4 aromatic carbocycles. The summed E-state index contributed by atoms with van der Waals surface area (Å²) in [5, 5.41) is 4.82. The number of carbonyl (C=O) groups is 2. The van der Waals surface area contributed by atoms with Crippen LogP contribution in [0.1, 0.15) is 96.1 Å². The minimum absolute atomic E-state index is 0.0709. The van der Waals surface area contributed by atoms with Crippen LogP contribution in [0.2, 0.25) is 0 Å². The summed E-state index contributed by atoms with van der Waals surface area (Å²) in [4.78, 5) is 27.2. The van der Waals surface area contributed by atoms with Crippen LogP contribution in [0, 0.1) is 0 Å². The average Bonchev–Trinajstić information content (AvgIpc) is 3.24. The molecule has 2 fully saturated rings. The zero-order chi connectivity index (χ0) is 48.0. The van der Waals surface area contributed by atoms with Crippen molar-refractivity contribution in [2.75, 3.05) is 75.5 Å². The predicted octanol–water partition coefficient (Wildman–Crippen LogP) is 12.0. The Balaban J connectivity index is 0.000000285. The fraction of sp³-hybridized carbons (Fsp3) is 0.426. The van der Waals surface area contributed by atoms with Crippen LogP contribution in [-0.4, -0.2) is 70.9 Å². The standard InChI is InChI=1S/C23H26F3N3O2S.C14H19F3N2.C8H7ClO2.C2H6O/c1-31-18-10-7-16(8-11-18)21(30)28-22(32)27-19-15-17(23(24,25)26)9-12-20(19)29-13-5-3-2-4-6-14-29;15-14(16,17)11-6-7-13(12(18)10-11)19-8-4-2-1-3-5-9-19;1-11-7-4-2-6(3-5-7)8(9)10;1-3-2/h7-12,15H,2-6,13-14H2,1H3,(H2,27,28,30,32);6-7,10H,1-5,8-9,18H2;2-5H,1H3;1-2H3. The van der Waals surface area contributed by atoms with E-state index in [1.54, 1.807) is 69.9 Å². The number of hydrogen-bond donors (Lipinski definition) is 3. The maximum absolute atomic E-state index is 13.3. The van der Waals surface area contributed by atoms with Crippen molar-refractivity contribution < 1.29 is 50.1 Å². The molecule has 2 saturated heterocycles. The second-order valence-electron chi connectivity index (χ2n) is 15.1. The van der Waals surface area contributed by atoms with Crippen molar-refractivity contribution in [3.63, 3.8) is 0 Å². The van der Waals surface area contributed by atoms with E-state index in [9.17, 15) is 35.9 Å². The van der Waals surface area contributed by atoms with Gasteiger partial charge in [-0.1, -0.05) is 38.5 Å². The monoisotopic (exact) mass is 953 g/mol. The highest BCUT2D eigenvalue weighted by Crippen LogP contribution is 2.37. The van der Waals surface area contributed by atoms with Crippen LogP contribution in [0.3, 0.4) is 0 Å². The first kappa shape index (κ1) is 54.1. The Kier molecular flexibility index (Phi) is 22.7. The van der Waals surface area contributed by atoms with E-state index in [4.69, 9.17) is 39.0 Å². The van der Waals surface area contributed by atoms with Gasteiger partial charge in [0.05, 0.1) is 48.1 Å². The SMILES string of the molecule is COC.COc1ccc(C(=O)Cl)cc1.COc1ccc(C(=O)NC(=S)Nc2cc(C(F)(F)F)ccc2N2CCCCCCC2)cc1.Nc1cc(C(F)(F)F)ccc1N1CCCCCCC1. The molecule has 0 aromatic heterocycles. The lowest BCUT2D eigenvalue weighted by atomic mass is 10.1. The van der Waals surface area contributed by atoms with E-state index in [1.807, 2.05) is 0 Å². The highest BCUT2D eigenvalue weighted by Gasteiger charge is 2.32. The van der Waals surface area contributed by atoms with Crippen LogP contribution >= 0.6 is 23.8 Å². The molecule has 6 rings (SSSR count). The molecule has 0 radical (unpaired) electrons. The number of nitrogens with two attached hydrogens (primary N) is 1. The molecule has 0 saturated carbocycles. The first-order valence-electron chi connectivity index (χ1n) is 21.1. The van der Waals surface area contributed by atoms with Gasteiger partial charge in [0.2, 0.25) is 0 Å². The van der Waals surface area contributed by atoms with Crippen molar-refractivity contribution in [3.8, 4) is 11.5 Å². The Bertz CT molecular complexity index is 2080. The lowest BCUT2D eigenvalue weighted by molar-refractivity contribution is -0.138. The maximum Gasteiger partial charge on any atom is 0.416 e. The van der Waals surface area contributed by atoms with Gasteiger partial charge in [0, 0.05) is 51.5 Å². The molecule has 2 heterocycles. The Hall–Kier alpha value is -5.26. The normalized spacial score (nSPS) is 14.4. The van der Waals surface area contributed by atoms with E-state index in [0.29, 0.717) is 28.3 Å². The Morgan fingerprint density at radius 2 is 0.985 bits per heavy atom. The van der Waals surface area contributed by atoms with Crippen LogP contribution in [0.4, 0.5) is 49.1 Å². The minimum atomic E-state index is -4.49. The van der Waals surface area contributed by atoms with Gasteiger partial charge in [-0.2, -0.15) is 26.3 Å². The number of rotatable bonds is 7. The summed E-state index contributed by atoms with van der Waals surface area (Å²) >= 11 is 10.5. The Labute approximate surface area is 387 Å². The van der Waals surface area contributed by atoms with Gasteiger partial charge in [0.1, 0.15) is 11.5 Å². The molecule has 0 aliphatic carbocycles. The predicted molar refractivity (Wildman–Crippen MR) is 251 cm³/mol. The van der Waals surface area contributed by atoms with E-state index >= 15 is 0 Å². The third-order valence-electron chi connectivity index (χ3n) is 10.2. The number of anilines is 4. The zero-order valence-electron chi connectivity index (χ0n) is 37.0. The van der Waals surface area contributed by atoms with E-state index < -0.39 is 34.6 Å². The molecule has 4 N–H and O–H groups in total. The van der Waals surface area contributed by atoms with Crippen molar-refractivity contribution in [2.24, 2.45) is 0 Å². The van der Waals surface area contributed by atoms with Gasteiger partial charge in [0.25, 0.3) is 11.1 Å². The van der Waals surface area contributed by atoms with Crippen molar-refractivity contribution in [2.45, 2.75) is 76.6 Å². The smallest absolute Gasteiger partial charge is 0.416 e. The third-order valence-corrected chi connectivity index (χ3v) is 10.6. The van der Waals surface area contributed by atoms with Crippen LogP contribution in [-0.2, 0) is 17.1 Å².